The van der Waals surface area contributed by atoms with E-state index in [1.54, 1.807) is 0 Å². The molecule has 0 heterocycles. The normalized spacial score (nSPS) is 30.6. The van der Waals surface area contributed by atoms with Gasteiger partial charge in [-0.15, -0.1) is 0 Å². The number of esters is 1. The highest BCUT2D eigenvalue weighted by atomic mass is 16.5. The van der Waals surface area contributed by atoms with Crippen molar-refractivity contribution in [3.63, 3.8) is 0 Å². The van der Waals surface area contributed by atoms with Crippen LogP contribution in [0.3, 0.4) is 0 Å². The topological polar surface area (TPSA) is 35.5 Å². The largest absolute Gasteiger partial charge is 0.469 e. The summed E-state index contributed by atoms with van der Waals surface area (Å²) in [4.78, 5) is 11.5. The molecule has 2 atom stereocenters. The van der Waals surface area contributed by atoms with E-state index in [0.717, 1.165) is 18.8 Å². The van der Waals surface area contributed by atoms with Crippen molar-refractivity contribution < 1.29 is 14.3 Å². The van der Waals surface area contributed by atoms with E-state index in [-0.39, 0.29) is 11.6 Å². The Kier molecular flexibility index (Phi) is 4.66. The zero-order chi connectivity index (χ0) is 13.0. The highest BCUT2D eigenvalue weighted by molar-refractivity contribution is 5.70. The molecule has 2 aliphatic rings. The van der Waals surface area contributed by atoms with Crippen LogP contribution in [0.1, 0.15) is 64.7 Å². The fourth-order valence-electron chi connectivity index (χ4n) is 3.32. The van der Waals surface area contributed by atoms with Crippen LogP contribution >= 0.6 is 0 Å². The molecule has 3 heteroatoms. The zero-order valence-corrected chi connectivity index (χ0v) is 11.7. The van der Waals surface area contributed by atoms with E-state index in [1.807, 2.05) is 0 Å². The second-order valence-electron chi connectivity index (χ2n) is 5.97. The first-order chi connectivity index (χ1) is 8.67. The number of carbonyl (C=O) groups excluding carboxylic acids is 1. The average Bonchev–Trinajstić information content (AvgIpc) is 2.36. The van der Waals surface area contributed by atoms with Gasteiger partial charge in [-0.05, 0) is 38.0 Å². The van der Waals surface area contributed by atoms with Gasteiger partial charge in [-0.25, -0.2) is 0 Å². The van der Waals surface area contributed by atoms with E-state index in [2.05, 4.69) is 6.92 Å². The quantitative estimate of drug-likeness (QED) is 0.705. The number of carbonyl (C=O) groups is 1. The fraction of sp³-hybridized carbons (Fsp3) is 0.933. The van der Waals surface area contributed by atoms with Gasteiger partial charge in [0.25, 0.3) is 0 Å². The van der Waals surface area contributed by atoms with Gasteiger partial charge in [0.2, 0.25) is 0 Å². The minimum atomic E-state index is -0.187. The van der Waals surface area contributed by atoms with Crippen molar-refractivity contribution in [1.82, 2.24) is 0 Å². The second-order valence-corrected chi connectivity index (χ2v) is 5.97. The summed E-state index contributed by atoms with van der Waals surface area (Å²) in [6.07, 6.45) is 10.3. The molecule has 2 saturated carbocycles. The van der Waals surface area contributed by atoms with Crippen molar-refractivity contribution >= 4 is 5.97 Å². The van der Waals surface area contributed by atoms with Crippen molar-refractivity contribution in [2.45, 2.75) is 76.4 Å². The van der Waals surface area contributed by atoms with Crippen LogP contribution in [0.5, 0.6) is 0 Å². The van der Waals surface area contributed by atoms with Gasteiger partial charge in [0.1, 0.15) is 0 Å². The molecule has 2 aliphatic carbocycles. The van der Waals surface area contributed by atoms with Crippen molar-refractivity contribution in [3.05, 3.63) is 0 Å². The van der Waals surface area contributed by atoms with Crippen LogP contribution in [0.25, 0.3) is 0 Å². The molecule has 104 valence electrons. The van der Waals surface area contributed by atoms with Crippen LogP contribution in [0.4, 0.5) is 0 Å². The van der Waals surface area contributed by atoms with Crippen molar-refractivity contribution in [2.75, 3.05) is 7.11 Å². The number of ether oxygens (including phenoxy) is 2. The van der Waals surface area contributed by atoms with Crippen LogP contribution in [-0.2, 0) is 14.3 Å². The predicted molar refractivity (Wildman–Crippen MR) is 70.3 cm³/mol. The lowest BCUT2D eigenvalue weighted by atomic mass is 9.76. The molecular formula is C15H26O3. The molecule has 0 aromatic heterocycles. The maximum Gasteiger partial charge on any atom is 0.308 e. The summed E-state index contributed by atoms with van der Waals surface area (Å²) >= 11 is 0. The van der Waals surface area contributed by atoms with Crippen molar-refractivity contribution in [3.8, 4) is 0 Å². The third-order valence-electron chi connectivity index (χ3n) is 4.69. The summed E-state index contributed by atoms with van der Waals surface area (Å²) in [6, 6.07) is 0. The Hall–Kier alpha value is -0.570. The maximum atomic E-state index is 11.5. The highest BCUT2D eigenvalue weighted by Crippen LogP contribution is 2.42. The van der Waals surface area contributed by atoms with E-state index in [9.17, 15) is 4.79 Å². The molecule has 2 fully saturated rings. The molecule has 0 saturated heterocycles. The number of hydrogen-bond acceptors (Lipinski definition) is 3. The van der Waals surface area contributed by atoms with Crippen LogP contribution < -0.4 is 0 Å². The Morgan fingerprint density at radius 1 is 1.28 bits per heavy atom. The van der Waals surface area contributed by atoms with E-state index in [4.69, 9.17) is 9.47 Å². The first kappa shape index (κ1) is 13.9. The van der Waals surface area contributed by atoms with Gasteiger partial charge >= 0.3 is 5.97 Å². The highest BCUT2D eigenvalue weighted by Gasteiger charge is 2.42. The molecule has 0 spiro atoms. The minimum absolute atomic E-state index is 0.127. The Morgan fingerprint density at radius 2 is 2.06 bits per heavy atom. The number of hydrogen-bond donors (Lipinski definition) is 0. The van der Waals surface area contributed by atoms with Crippen LogP contribution in [0.2, 0.25) is 0 Å². The molecule has 0 radical (unpaired) electrons. The van der Waals surface area contributed by atoms with Gasteiger partial charge in [-0.1, -0.05) is 26.2 Å². The zero-order valence-electron chi connectivity index (χ0n) is 11.7. The van der Waals surface area contributed by atoms with E-state index >= 15 is 0 Å². The summed E-state index contributed by atoms with van der Waals surface area (Å²) in [5.74, 6) is 0.691. The second kappa shape index (κ2) is 6.05. The molecule has 0 N–H and O–H groups in total. The lowest BCUT2D eigenvalue weighted by molar-refractivity contribution is -0.174. The fourth-order valence-corrected chi connectivity index (χ4v) is 3.32. The Bertz CT molecular complexity index is 283. The lowest BCUT2D eigenvalue weighted by Crippen LogP contribution is -2.46. The molecule has 0 bridgehead atoms. The van der Waals surface area contributed by atoms with Crippen LogP contribution in [0.15, 0.2) is 0 Å². The predicted octanol–water partition coefficient (Wildman–Crippen LogP) is 3.46. The smallest absolute Gasteiger partial charge is 0.308 e. The van der Waals surface area contributed by atoms with Crippen molar-refractivity contribution in [2.24, 2.45) is 5.92 Å². The number of methoxy groups -OCH3 is 1. The summed E-state index contributed by atoms with van der Waals surface area (Å²) in [7, 11) is 1.46. The van der Waals surface area contributed by atoms with Gasteiger partial charge in [-0.2, -0.15) is 0 Å². The van der Waals surface area contributed by atoms with Gasteiger partial charge in [0, 0.05) is 0 Å². The molecule has 0 amide bonds. The van der Waals surface area contributed by atoms with E-state index in [0.29, 0.717) is 12.5 Å². The number of rotatable bonds is 5. The van der Waals surface area contributed by atoms with Crippen LogP contribution in [-0.4, -0.2) is 24.8 Å². The lowest BCUT2D eigenvalue weighted by Gasteiger charge is -2.45. The van der Waals surface area contributed by atoms with Crippen LogP contribution in [0, 0.1) is 5.92 Å². The summed E-state index contributed by atoms with van der Waals surface area (Å²) in [6.45, 7) is 2.26. The minimum Gasteiger partial charge on any atom is -0.469 e. The molecule has 0 aromatic carbocycles. The molecule has 2 rings (SSSR count). The maximum absolute atomic E-state index is 11.5. The average molecular weight is 254 g/mol. The standard InChI is InChI=1S/C15H26O3/c1-3-12-6-4-7-13(10-12)18-15(8-5-9-15)11-14(16)17-2/h12-13H,3-11H2,1-2H3. The Balaban J connectivity index is 1.87. The Morgan fingerprint density at radius 3 is 2.61 bits per heavy atom. The van der Waals surface area contributed by atoms with E-state index in [1.165, 1.54) is 45.6 Å². The van der Waals surface area contributed by atoms with Gasteiger partial charge in [0.15, 0.2) is 0 Å². The summed E-state index contributed by atoms with van der Waals surface area (Å²) in [5.41, 5.74) is -0.187. The Labute approximate surface area is 110 Å². The van der Waals surface area contributed by atoms with Gasteiger partial charge in [-0.3, -0.25) is 4.79 Å². The summed E-state index contributed by atoms with van der Waals surface area (Å²) in [5, 5.41) is 0. The third-order valence-corrected chi connectivity index (χ3v) is 4.69. The monoisotopic (exact) mass is 254 g/mol. The molecule has 2 unspecified atom stereocenters. The third kappa shape index (κ3) is 3.25. The van der Waals surface area contributed by atoms with Crippen molar-refractivity contribution in [1.29, 1.82) is 0 Å². The van der Waals surface area contributed by atoms with E-state index < -0.39 is 0 Å². The first-order valence-corrected chi connectivity index (χ1v) is 7.42. The first-order valence-electron chi connectivity index (χ1n) is 7.42. The molecule has 3 nitrogen and oxygen atoms in total. The SMILES string of the molecule is CCC1CCCC(OC2(CC(=O)OC)CCC2)C1. The molecule has 18 heavy (non-hydrogen) atoms. The molecular weight excluding hydrogens is 228 g/mol. The van der Waals surface area contributed by atoms with Gasteiger partial charge in [0.05, 0.1) is 25.2 Å². The van der Waals surface area contributed by atoms with Gasteiger partial charge < -0.3 is 9.47 Å². The summed E-state index contributed by atoms with van der Waals surface area (Å²) < 4.78 is 11.1. The molecule has 0 aliphatic heterocycles. The molecule has 0 aromatic rings.